The van der Waals surface area contributed by atoms with E-state index in [1.807, 2.05) is 18.2 Å². The Morgan fingerprint density at radius 2 is 2.20 bits per heavy atom. The second kappa shape index (κ2) is 5.82. The summed E-state index contributed by atoms with van der Waals surface area (Å²) in [6.07, 6.45) is 1.19. The van der Waals surface area contributed by atoms with Gasteiger partial charge >= 0.3 is 0 Å². The summed E-state index contributed by atoms with van der Waals surface area (Å²) < 4.78 is 11.3. The van der Waals surface area contributed by atoms with Gasteiger partial charge in [-0.2, -0.15) is 0 Å². The maximum atomic E-state index is 6.53. The fourth-order valence-electron chi connectivity index (χ4n) is 4.57. The standard InChI is InChI=1S/C20H21ClN2O2/c1-24-13-2-3-14(17(21)10-13)12-8-15-16-11-22-5-4-18(16)23-6-7-25-19(9-12)20(15)23/h2-3,8-10,16,18,22H,4-7,11H2,1H3/t16-,18-/m1/s1. The van der Waals surface area contributed by atoms with Crippen LogP contribution >= 0.6 is 11.6 Å². The van der Waals surface area contributed by atoms with Crippen molar-refractivity contribution < 1.29 is 9.47 Å². The molecule has 25 heavy (non-hydrogen) atoms. The summed E-state index contributed by atoms with van der Waals surface area (Å²) >= 11 is 6.53. The number of hydrogen-bond acceptors (Lipinski definition) is 4. The number of ether oxygens (including phenoxy) is 2. The van der Waals surface area contributed by atoms with Gasteiger partial charge in [-0.15, -0.1) is 0 Å². The number of halogens is 1. The lowest BCUT2D eigenvalue weighted by molar-refractivity contribution is 0.295. The van der Waals surface area contributed by atoms with Crippen LogP contribution in [0.3, 0.4) is 0 Å². The molecule has 1 N–H and O–H groups in total. The van der Waals surface area contributed by atoms with E-state index < -0.39 is 0 Å². The van der Waals surface area contributed by atoms with E-state index in [0.29, 0.717) is 17.0 Å². The van der Waals surface area contributed by atoms with Crippen LogP contribution in [0.2, 0.25) is 5.02 Å². The van der Waals surface area contributed by atoms with Crippen LogP contribution in [0, 0.1) is 0 Å². The molecule has 2 aromatic rings. The first-order chi connectivity index (χ1) is 12.3. The van der Waals surface area contributed by atoms with Crippen molar-refractivity contribution in [2.75, 3.05) is 38.3 Å². The monoisotopic (exact) mass is 356 g/mol. The maximum Gasteiger partial charge on any atom is 0.143 e. The molecule has 1 saturated heterocycles. The number of hydrogen-bond donors (Lipinski definition) is 1. The van der Waals surface area contributed by atoms with E-state index in [4.69, 9.17) is 21.1 Å². The predicted octanol–water partition coefficient (Wildman–Crippen LogP) is 3.67. The van der Waals surface area contributed by atoms with Crippen molar-refractivity contribution in [2.45, 2.75) is 18.4 Å². The zero-order chi connectivity index (χ0) is 17.0. The van der Waals surface area contributed by atoms with Crippen molar-refractivity contribution in [3.63, 3.8) is 0 Å². The Morgan fingerprint density at radius 3 is 3.04 bits per heavy atom. The lowest BCUT2D eigenvalue weighted by Gasteiger charge is -2.36. The number of rotatable bonds is 2. The quantitative estimate of drug-likeness (QED) is 0.890. The summed E-state index contributed by atoms with van der Waals surface area (Å²) in [5.74, 6) is 2.30. The molecule has 5 heteroatoms. The Morgan fingerprint density at radius 1 is 1.28 bits per heavy atom. The minimum atomic E-state index is 0.529. The lowest BCUT2D eigenvalue weighted by Crippen LogP contribution is -2.46. The van der Waals surface area contributed by atoms with Crippen molar-refractivity contribution in [3.05, 3.63) is 40.9 Å². The summed E-state index contributed by atoms with van der Waals surface area (Å²) in [7, 11) is 1.66. The maximum absolute atomic E-state index is 6.53. The van der Waals surface area contributed by atoms with Gasteiger partial charge in [-0.3, -0.25) is 0 Å². The molecule has 3 aliphatic rings. The van der Waals surface area contributed by atoms with Crippen molar-refractivity contribution in [3.8, 4) is 22.6 Å². The summed E-state index contributed by atoms with van der Waals surface area (Å²) in [6, 6.07) is 10.9. The molecule has 0 unspecified atom stereocenters. The average molecular weight is 357 g/mol. The fraction of sp³-hybridized carbons (Fsp3) is 0.400. The van der Waals surface area contributed by atoms with Crippen LogP contribution in [0.1, 0.15) is 17.9 Å². The van der Waals surface area contributed by atoms with Gasteiger partial charge in [-0.1, -0.05) is 11.6 Å². The van der Waals surface area contributed by atoms with Crippen LogP contribution in [0.25, 0.3) is 11.1 Å². The number of nitrogens with one attached hydrogen (secondary N) is 1. The molecule has 0 aliphatic carbocycles. The zero-order valence-electron chi connectivity index (χ0n) is 14.2. The zero-order valence-corrected chi connectivity index (χ0v) is 15.0. The van der Waals surface area contributed by atoms with E-state index in [1.54, 1.807) is 7.11 Å². The molecule has 0 bridgehead atoms. The highest BCUT2D eigenvalue weighted by Crippen LogP contribution is 2.51. The van der Waals surface area contributed by atoms with Crippen LogP contribution in [0.5, 0.6) is 11.5 Å². The molecule has 0 amide bonds. The Bertz CT molecular complexity index is 839. The average Bonchev–Trinajstić information content (AvgIpc) is 2.97. The summed E-state index contributed by atoms with van der Waals surface area (Å²) in [5.41, 5.74) is 4.85. The third-order valence-electron chi connectivity index (χ3n) is 5.71. The van der Waals surface area contributed by atoms with Crippen LogP contribution in [0.4, 0.5) is 5.69 Å². The molecule has 0 aromatic heterocycles. The summed E-state index contributed by atoms with van der Waals surface area (Å²) in [4.78, 5) is 2.57. The Labute approximate surface area is 152 Å². The first kappa shape index (κ1) is 15.4. The van der Waals surface area contributed by atoms with Gasteiger partial charge < -0.3 is 19.7 Å². The van der Waals surface area contributed by atoms with Gasteiger partial charge in [0.1, 0.15) is 18.1 Å². The normalized spacial score (nSPS) is 23.7. The molecule has 2 aromatic carbocycles. The smallest absolute Gasteiger partial charge is 0.143 e. The molecule has 3 heterocycles. The van der Waals surface area contributed by atoms with Gasteiger partial charge in [0, 0.05) is 24.1 Å². The van der Waals surface area contributed by atoms with E-state index in [-0.39, 0.29) is 0 Å². The molecule has 5 rings (SSSR count). The van der Waals surface area contributed by atoms with Crippen LogP contribution < -0.4 is 19.7 Å². The molecule has 3 aliphatic heterocycles. The van der Waals surface area contributed by atoms with E-state index >= 15 is 0 Å². The molecule has 130 valence electrons. The van der Waals surface area contributed by atoms with Crippen molar-refractivity contribution in [1.29, 1.82) is 0 Å². The van der Waals surface area contributed by atoms with Crippen molar-refractivity contribution in [1.82, 2.24) is 5.32 Å². The van der Waals surface area contributed by atoms with Crippen LogP contribution in [-0.2, 0) is 0 Å². The highest BCUT2D eigenvalue weighted by Gasteiger charge is 2.43. The molecule has 0 saturated carbocycles. The van der Waals surface area contributed by atoms with Gasteiger partial charge in [-0.25, -0.2) is 0 Å². The molecule has 2 atom stereocenters. The van der Waals surface area contributed by atoms with Gasteiger partial charge in [0.25, 0.3) is 0 Å². The minimum Gasteiger partial charge on any atom is -0.497 e. The number of fused-ring (bicyclic) bond motifs is 3. The summed E-state index contributed by atoms with van der Waals surface area (Å²) in [6.45, 7) is 3.87. The predicted molar refractivity (Wildman–Crippen MR) is 100 cm³/mol. The van der Waals surface area contributed by atoms with E-state index in [0.717, 1.165) is 48.9 Å². The first-order valence-corrected chi connectivity index (χ1v) is 9.26. The Hall–Kier alpha value is -1.91. The number of piperidine rings is 1. The number of anilines is 1. The fourth-order valence-corrected chi connectivity index (χ4v) is 4.85. The van der Waals surface area contributed by atoms with Gasteiger partial charge in [0.15, 0.2) is 0 Å². The van der Waals surface area contributed by atoms with E-state index in [2.05, 4.69) is 22.3 Å². The highest BCUT2D eigenvalue weighted by molar-refractivity contribution is 6.33. The Balaban J connectivity index is 1.65. The molecule has 4 nitrogen and oxygen atoms in total. The van der Waals surface area contributed by atoms with E-state index in [1.165, 1.54) is 17.7 Å². The van der Waals surface area contributed by atoms with Gasteiger partial charge in [0.2, 0.25) is 0 Å². The molecule has 1 fully saturated rings. The minimum absolute atomic E-state index is 0.529. The number of methoxy groups -OCH3 is 1. The van der Waals surface area contributed by atoms with Crippen molar-refractivity contribution in [2.24, 2.45) is 0 Å². The second-order valence-corrected chi connectivity index (χ2v) is 7.37. The third-order valence-corrected chi connectivity index (χ3v) is 6.03. The highest BCUT2D eigenvalue weighted by atomic mass is 35.5. The number of nitrogens with zero attached hydrogens (tertiary/aromatic N) is 1. The lowest BCUT2D eigenvalue weighted by atomic mass is 9.88. The Kier molecular flexibility index (Phi) is 3.57. The third kappa shape index (κ3) is 2.31. The van der Waals surface area contributed by atoms with Gasteiger partial charge in [0.05, 0.1) is 24.4 Å². The van der Waals surface area contributed by atoms with Gasteiger partial charge in [-0.05, 0) is 54.4 Å². The summed E-state index contributed by atoms with van der Waals surface area (Å²) in [5, 5.41) is 4.26. The number of benzene rings is 2. The van der Waals surface area contributed by atoms with E-state index in [9.17, 15) is 0 Å². The molecule has 0 radical (unpaired) electrons. The molecule has 0 spiro atoms. The van der Waals surface area contributed by atoms with Crippen LogP contribution in [0.15, 0.2) is 30.3 Å². The molecular weight excluding hydrogens is 336 g/mol. The topological polar surface area (TPSA) is 33.7 Å². The SMILES string of the molecule is COc1ccc(-c2cc3c4c(c2)[C@H]2CNCC[C@H]2N4CCO3)c(Cl)c1. The van der Waals surface area contributed by atoms with Crippen molar-refractivity contribution >= 4 is 17.3 Å². The largest absolute Gasteiger partial charge is 0.497 e. The molecular formula is C20H21ClN2O2. The van der Waals surface area contributed by atoms with Crippen LogP contribution in [-0.4, -0.2) is 39.4 Å². The first-order valence-electron chi connectivity index (χ1n) is 8.88. The second-order valence-electron chi connectivity index (χ2n) is 6.97.